The molecule has 9 nitrogen and oxygen atoms in total. The van der Waals surface area contributed by atoms with Gasteiger partial charge in [0.25, 0.3) is 5.69 Å². The summed E-state index contributed by atoms with van der Waals surface area (Å²) >= 11 is 0. The number of nitrogens with zero attached hydrogens (tertiary/aromatic N) is 2. The van der Waals surface area contributed by atoms with Crippen LogP contribution in [0.2, 0.25) is 0 Å². The summed E-state index contributed by atoms with van der Waals surface area (Å²) < 4.78 is 15.7. The Bertz CT molecular complexity index is 896. The normalized spacial score (nSPS) is 18.5. The molecule has 0 aliphatic carbocycles. The molecule has 2 aromatic rings. The smallest absolute Gasteiger partial charge is 0.415 e. The minimum Gasteiger partial charge on any atom is -0.497 e. The highest BCUT2D eigenvalue weighted by molar-refractivity contribution is 5.91. The number of hydrogen-bond acceptors (Lipinski definition) is 7. The molecule has 0 spiro atoms. The fourth-order valence-corrected chi connectivity index (χ4v) is 2.75. The van der Waals surface area contributed by atoms with E-state index >= 15 is 0 Å². The Morgan fingerprint density at radius 1 is 1.21 bits per heavy atom. The number of hydrogen-bond donors (Lipinski definition) is 0. The number of benzene rings is 2. The summed E-state index contributed by atoms with van der Waals surface area (Å²) in [5, 5.41) is 10.7. The van der Waals surface area contributed by atoms with Gasteiger partial charge in [0.2, 0.25) is 0 Å². The quantitative estimate of drug-likeness (QED) is 0.426. The molecule has 0 radical (unpaired) electrons. The van der Waals surface area contributed by atoms with Crippen molar-refractivity contribution in [2.24, 2.45) is 0 Å². The molecule has 1 heterocycles. The van der Waals surface area contributed by atoms with Gasteiger partial charge in [0.05, 0.1) is 24.1 Å². The van der Waals surface area contributed by atoms with Gasteiger partial charge in [-0.1, -0.05) is 0 Å². The minimum absolute atomic E-state index is 0.122. The Morgan fingerprint density at radius 3 is 2.43 bits per heavy atom. The molecular formula is C19H18N2O7. The molecule has 0 unspecified atom stereocenters. The maximum absolute atomic E-state index is 12.2. The van der Waals surface area contributed by atoms with Crippen LogP contribution in [0, 0.1) is 10.1 Å². The van der Waals surface area contributed by atoms with Crippen molar-refractivity contribution < 1.29 is 28.7 Å². The lowest BCUT2D eigenvalue weighted by molar-refractivity contribution is -0.384. The van der Waals surface area contributed by atoms with Crippen molar-refractivity contribution in [2.45, 2.75) is 12.5 Å². The van der Waals surface area contributed by atoms with Crippen LogP contribution in [-0.4, -0.2) is 42.8 Å². The van der Waals surface area contributed by atoms with Gasteiger partial charge in [0.15, 0.2) is 5.60 Å². The van der Waals surface area contributed by atoms with Crippen LogP contribution in [0.3, 0.4) is 0 Å². The first-order valence-electron chi connectivity index (χ1n) is 8.37. The molecule has 1 aliphatic heterocycles. The van der Waals surface area contributed by atoms with E-state index < -0.39 is 22.6 Å². The average Bonchev–Trinajstić information content (AvgIpc) is 3.01. The lowest BCUT2D eigenvalue weighted by Crippen LogP contribution is -2.37. The van der Waals surface area contributed by atoms with Crippen molar-refractivity contribution in [1.82, 2.24) is 0 Å². The van der Waals surface area contributed by atoms with E-state index in [1.807, 2.05) is 0 Å². The molecule has 146 valence electrons. The van der Waals surface area contributed by atoms with Gasteiger partial charge in [-0.3, -0.25) is 15.0 Å². The van der Waals surface area contributed by atoms with Gasteiger partial charge in [-0.2, -0.15) is 0 Å². The van der Waals surface area contributed by atoms with E-state index in [2.05, 4.69) is 0 Å². The monoisotopic (exact) mass is 386 g/mol. The number of carbonyl (C=O) groups excluding carboxylic acids is 2. The molecule has 3 rings (SSSR count). The molecule has 1 saturated heterocycles. The molecule has 0 N–H and O–H groups in total. The molecule has 28 heavy (non-hydrogen) atoms. The third-order valence-corrected chi connectivity index (χ3v) is 4.25. The van der Waals surface area contributed by atoms with Crippen LogP contribution in [0.5, 0.6) is 5.75 Å². The van der Waals surface area contributed by atoms with E-state index in [4.69, 9.17) is 14.2 Å². The van der Waals surface area contributed by atoms with E-state index in [-0.39, 0.29) is 24.4 Å². The first-order valence-corrected chi connectivity index (χ1v) is 8.37. The predicted molar refractivity (Wildman–Crippen MR) is 98.6 cm³/mol. The van der Waals surface area contributed by atoms with Crippen LogP contribution in [-0.2, 0) is 9.47 Å². The summed E-state index contributed by atoms with van der Waals surface area (Å²) in [4.78, 5) is 36.0. The number of anilines is 1. The van der Waals surface area contributed by atoms with Crippen LogP contribution in [0.1, 0.15) is 17.3 Å². The van der Waals surface area contributed by atoms with E-state index in [1.54, 1.807) is 38.3 Å². The molecule has 1 amide bonds. The van der Waals surface area contributed by atoms with E-state index in [1.165, 1.54) is 29.2 Å². The minimum atomic E-state index is -1.02. The summed E-state index contributed by atoms with van der Waals surface area (Å²) in [5.41, 5.74) is -0.335. The number of nitro groups is 1. The number of esters is 1. The van der Waals surface area contributed by atoms with E-state index in [9.17, 15) is 19.7 Å². The summed E-state index contributed by atoms with van der Waals surface area (Å²) in [6.07, 6.45) is -0.543. The number of methoxy groups -OCH3 is 1. The summed E-state index contributed by atoms with van der Waals surface area (Å²) in [5.74, 6) is 0.00572. The van der Waals surface area contributed by atoms with Gasteiger partial charge in [-0.25, -0.2) is 9.59 Å². The zero-order valence-corrected chi connectivity index (χ0v) is 15.3. The van der Waals surface area contributed by atoms with Crippen molar-refractivity contribution >= 4 is 23.4 Å². The van der Waals surface area contributed by atoms with Gasteiger partial charge in [0, 0.05) is 17.8 Å². The highest BCUT2D eigenvalue weighted by Crippen LogP contribution is 2.29. The molecule has 9 heteroatoms. The second-order valence-electron chi connectivity index (χ2n) is 6.48. The zero-order valence-electron chi connectivity index (χ0n) is 15.3. The van der Waals surface area contributed by atoms with E-state index in [0.29, 0.717) is 11.4 Å². The molecule has 1 aliphatic rings. The number of cyclic esters (lactones) is 1. The largest absolute Gasteiger partial charge is 0.497 e. The Morgan fingerprint density at radius 2 is 1.86 bits per heavy atom. The third-order valence-electron chi connectivity index (χ3n) is 4.25. The van der Waals surface area contributed by atoms with Crippen molar-refractivity contribution in [3.05, 3.63) is 64.2 Å². The fourth-order valence-electron chi connectivity index (χ4n) is 2.75. The van der Waals surface area contributed by atoms with Gasteiger partial charge < -0.3 is 14.2 Å². The molecule has 2 aromatic carbocycles. The maximum atomic E-state index is 12.2. The van der Waals surface area contributed by atoms with Gasteiger partial charge in [-0.15, -0.1) is 0 Å². The van der Waals surface area contributed by atoms with Crippen LogP contribution < -0.4 is 9.64 Å². The molecule has 1 atom stereocenters. The highest BCUT2D eigenvalue weighted by Gasteiger charge is 2.43. The number of ether oxygens (including phenoxy) is 3. The second kappa shape index (κ2) is 7.55. The van der Waals surface area contributed by atoms with Crippen molar-refractivity contribution in [2.75, 3.05) is 25.2 Å². The zero-order chi connectivity index (χ0) is 20.3. The lowest BCUT2D eigenvalue weighted by Gasteiger charge is -2.21. The SMILES string of the molecule is COc1ccc(N2C[C@](C)(COC(=O)c3ccc([N+](=O)[O-])cc3)OC2=O)cc1. The number of amides is 1. The van der Waals surface area contributed by atoms with Crippen LogP contribution in [0.15, 0.2) is 48.5 Å². The average molecular weight is 386 g/mol. The summed E-state index contributed by atoms with van der Waals surface area (Å²) in [6.45, 7) is 1.71. The fraction of sp³-hybridized carbons (Fsp3) is 0.263. The number of non-ortho nitro benzene ring substituents is 1. The Hall–Kier alpha value is -3.62. The lowest BCUT2D eigenvalue weighted by atomic mass is 10.1. The maximum Gasteiger partial charge on any atom is 0.415 e. The first-order chi connectivity index (χ1) is 13.3. The van der Waals surface area contributed by atoms with E-state index in [0.717, 1.165) is 0 Å². The molecule has 0 aromatic heterocycles. The Kier molecular flexibility index (Phi) is 5.16. The first kappa shape index (κ1) is 19.2. The molecule has 1 fully saturated rings. The van der Waals surface area contributed by atoms with Crippen molar-refractivity contribution in [3.63, 3.8) is 0 Å². The molecule has 0 saturated carbocycles. The predicted octanol–water partition coefficient (Wildman–Crippen LogP) is 3.18. The number of nitro benzene ring substituents is 1. The van der Waals surface area contributed by atoms with Gasteiger partial charge >= 0.3 is 12.1 Å². The molecular weight excluding hydrogens is 368 g/mol. The summed E-state index contributed by atoms with van der Waals surface area (Å²) in [6, 6.07) is 12.0. The second-order valence-corrected chi connectivity index (χ2v) is 6.48. The van der Waals surface area contributed by atoms with Crippen LogP contribution in [0.4, 0.5) is 16.2 Å². The third kappa shape index (κ3) is 4.03. The van der Waals surface area contributed by atoms with Gasteiger partial charge in [-0.05, 0) is 43.3 Å². The van der Waals surface area contributed by atoms with Crippen LogP contribution in [0.25, 0.3) is 0 Å². The molecule has 0 bridgehead atoms. The highest BCUT2D eigenvalue weighted by atomic mass is 16.6. The Balaban J connectivity index is 1.62. The van der Waals surface area contributed by atoms with Crippen molar-refractivity contribution in [1.29, 1.82) is 0 Å². The standard InChI is InChI=1S/C19H18N2O7/c1-19(12-27-17(22)13-3-5-15(6-4-13)21(24)25)11-20(18(23)28-19)14-7-9-16(26-2)10-8-14/h3-10H,11-12H2,1-2H3/t19-/m1/s1. The van der Waals surface area contributed by atoms with Crippen molar-refractivity contribution in [3.8, 4) is 5.75 Å². The number of rotatable bonds is 6. The van der Waals surface area contributed by atoms with Gasteiger partial charge in [0.1, 0.15) is 12.4 Å². The van der Waals surface area contributed by atoms with Crippen LogP contribution >= 0.6 is 0 Å². The summed E-state index contributed by atoms with van der Waals surface area (Å²) in [7, 11) is 1.55. The Labute approximate surface area is 160 Å². The topological polar surface area (TPSA) is 108 Å². The number of carbonyl (C=O) groups is 2.